The molecule has 0 radical (unpaired) electrons. The van der Waals surface area contributed by atoms with Crippen LogP contribution >= 0.6 is 0 Å². The molecule has 0 N–H and O–H groups in total. The quantitative estimate of drug-likeness (QED) is 0.538. The molecule has 4 unspecified atom stereocenters. The monoisotopic (exact) mass is 150 g/mol. The van der Waals surface area contributed by atoms with Gasteiger partial charge in [0.2, 0.25) is 0 Å². The Hall–Kier alpha value is 0. The maximum absolute atomic E-state index is 2.38. The zero-order valence-electron chi connectivity index (χ0n) is 7.47. The molecule has 3 aliphatic carbocycles. The van der Waals surface area contributed by atoms with Crippen molar-refractivity contribution < 1.29 is 0 Å². The van der Waals surface area contributed by atoms with Crippen LogP contribution in [0.3, 0.4) is 0 Å². The summed E-state index contributed by atoms with van der Waals surface area (Å²) in [6.07, 6.45) is 9.45. The number of fused-ring (bicyclic) bond motifs is 3. The molecule has 3 fully saturated rings. The Labute approximate surface area is 69.4 Å². The summed E-state index contributed by atoms with van der Waals surface area (Å²) in [5.41, 5.74) is 0.928. The Morgan fingerprint density at radius 1 is 1.27 bits per heavy atom. The molecule has 1 spiro atoms. The molecule has 0 aromatic rings. The lowest BCUT2D eigenvalue weighted by atomic mass is 9.83. The Kier molecular flexibility index (Phi) is 1.09. The van der Waals surface area contributed by atoms with Crippen LogP contribution in [0.2, 0.25) is 0 Å². The van der Waals surface area contributed by atoms with E-state index in [4.69, 9.17) is 0 Å². The molecule has 0 nitrogen and oxygen atoms in total. The number of rotatable bonds is 1. The predicted molar refractivity (Wildman–Crippen MR) is 46.3 cm³/mol. The van der Waals surface area contributed by atoms with E-state index in [0.717, 1.165) is 17.3 Å². The van der Waals surface area contributed by atoms with Gasteiger partial charge in [0.1, 0.15) is 0 Å². The van der Waals surface area contributed by atoms with E-state index in [2.05, 4.69) is 6.92 Å². The normalized spacial score (nSPS) is 59.2. The smallest absolute Gasteiger partial charge is 0.0235 e. The lowest BCUT2D eigenvalue weighted by Gasteiger charge is -2.22. The second-order valence-corrected chi connectivity index (χ2v) is 5.12. The second kappa shape index (κ2) is 1.84. The van der Waals surface area contributed by atoms with Gasteiger partial charge in [-0.2, -0.15) is 0 Å². The van der Waals surface area contributed by atoms with Crippen LogP contribution in [0.5, 0.6) is 0 Å². The number of hydrogen-bond donors (Lipinski definition) is 0. The lowest BCUT2D eigenvalue weighted by Crippen LogP contribution is -2.13. The van der Waals surface area contributed by atoms with E-state index in [9.17, 15) is 0 Å². The minimum absolute atomic E-state index is 0.928. The molecule has 0 aromatic heterocycles. The van der Waals surface area contributed by atoms with Crippen LogP contribution in [0.1, 0.15) is 45.4 Å². The van der Waals surface area contributed by atoms with E-state index in [1.54, 1.807) is 32.1 Å². The molecule has 0 heteroatoms. The van der Waals surface area contributed by atoms with Crippen LogP contribution in [-0.2, 0) is 0 Å². The van der Waals surface area contributed by atoms with E-state index in [-0.39, 0.29) is 0 Å². The molecule has 3 rings (SSSR count). The summed E-state index contributed by atoms with van der Waals surface area (Å²) in [6, 6.07) is 0. The lowest BCUT2D eigenvalue weighted by molar-refractivity contribution is 0.279. The van der Waals surface area contributed by atoms with Gasteiger partial charge in [0, 0.05) is 0 Å². The Balaban J connectivity index is 1.82. The molecule has 0 heterocycles. The zero-order chi connectivity index (χ0) is 7.47. The van der Waals surface area contributed by atoms with Crippen LogP contribution < -0.4 is 0 Å². The Morgan fingerprint density at radius 2 is 2.18 bits per heavy atom. The second-order valence-electron chi connectivity index (χ2n) is 5.12. The summed E-state index contributed by atoms with van der Waals surface area (Å²) >= 11 is 0. The molecule has 0 aromatic carbocycles. The first kappa shape index (κ1) is 6.51. The highest BCUT2D eigenvalue weighted by Gasteiger charge is 2.63. The van der Waals surface area contributed by atoms with Gasteiger partial charge in [0.05, 0.1) is 0 Å². The van der Waals surface area contributed by atoms with E-state index < -0.39 is 0 Å². The fourth-order valence-corrected chi connectivity index (χ4v) is 4.19. The van der Waals surface area contributed by atoms with Gasteiger partial charge >= 0.3 is 0 Å². The zero-order valence-corrected chi connectivity index (χ0v) is 7.47. The van der Waals surface area contributed by atoms with Crippen LogP contribution in [-0.4, -0.2) is 0 Å². The fraction of sp³-hybridized carbons (Fsp3) is 1.00. The molecule has 0 amide bonds. The van der Waals surface area contributed by atoms with Crippen molar-refractivity contribution in [2.45, 2.75) is 45.4 Å². The average molecular weight is 150 g/mol. The highest BCUT2D eigenvalue weighted by atomic mass is 14.7. The topological polar surface area (TPSA) is 0 Å². The molecule has 0 aliphatic heterocycles. The first-order valence-electron chi connectivity index (χ1n) is 5.35. The van der Waals surface area contributed by atoms with Crippen molar-refractivity contribution in [3.63, 3.8) is 0 Å². The standard InChI is InChI=1S/C11H18/c1-2-9-7-11(9)6-8-3-4-10(11)5-8/h8-10H,2-7H2,1H3. The largest absolute Gasteiger partial charge is 0.0651 e. The average Bonchev–Trinajstić information content (AvgIpc) is 2.45. The predicted octanol–water partition coefficient (Wildman–Crippen LogP) is 3.22. The van der Waals surface area contributed by atoms with Gasteiger partial charge in [-0.25, -0.2) is 0 Å². The fourth-order valence-electron chi connectivity index (χ4n) is 4.19. The Bertz CT molecular complexity index is 184. The van der Waals surface area contributed by atoms with E-state index >= 15 is 0 Å². The van der Waals surface area contributed by atoms with Crippen molar-refractivity contribution in [2.75, 3.05) is 0 Å². The summed E-state index contributed by atoms with van der Waals surface area (Å²) in [6.45, 7) is 2.38. The van der Waals surface area contributed by atoms with Crippen molar-refractivity contribution in [3.05, 3.63) is 0 Å². The first-order valence-corrected chi connectivity index (χ1v) is 5.35. The molecular formula is C11H18. The maximum Gasteiger partial charge on any atom is -0.0235 e. The molecule has 11 heavy (non-hydrogen) atoms. The molecule has 62 valence electrons. The van der Waals surface area contributed by atoms with E-state index in [1.807, 2.05) is 0 Å². The van der Waals surface area contributed by atoms with E-state index in [1.165, 1.54) is 12.3 Å². The van der Waals surface area contributed by atoms with Gasteiger partial charge in [-0.1, -0.05) is 19.8 Å². The maximum atomic E-state index is 2.38. The summed E-state index contributed by atoms with van der Waals surface area (Å²) in [5, 5.41) is 0. The van der Waals surface area contributed by atoms with Gasteiger partial charge in [0.25, 0.3) is 0 Å². The molecule has 3 aliphatic rings. The molecule has 3 saturated carbocycles. The minimum atomic E-state index is 0.928. The summed E-state index contributed by atoms with van der Waals surface area (Å²) < 4.78 is 0. The van der Waals surface area contributed by atoms with Crippen molar-refractivity contribution in [2.24, 2.45) is 23.2 Å². The molecule has 0 saturated heterocycles. The number of hydrogen-bond acceptors (Lipinski definition) is 0. The molecular weight excluding hydrogens is 132 g/mol. The minimum Gasteiger partial charge on any atom is -0.0651 e. The molecule has 4 atom stereocenters. The van der Waals surface area contributed by atoms with E-state index in [0.29, 0.717) is 0 Å². The van der Waals surface area contributed by atoms with Crippen molar-refractivity contribution in [1.82, 2.24) is 0 Å². The third-order valence-electron chi connectivity index (χ3n) is 4.80. The van der Waals surface area contributed by atoms with Crippen LogP contribution in [0, 0.1) is 23.2 Å². The van der Waals surface area contributed by atoms with Gasteiger partial charge < -0.3 is 0 Å². The first-order chi connectivity index (χ1) is 5.35. The molecule has 2 bridgehead atoms. The summed E-state index contributed by atoms with van der Waals surface area (Å²) in [4.78, 5) is 0. The Morgan fingerprint density at radius 3 is 2.64 bits per heavy atom. The van der Waals surface area contributed by atoms with Gasteiger partial charge in [-0.3, -0.25) is 0 Å². The highest BCUT2D eigenvalue weighted by molar-refractivity contribution is 5.12. The van der Waals surface area contributed by atoms with Crippen LogP contribution in [0.25, 0.3) is 0 Å². The summed E-state index contributed by atoms with van der Waals surface area (Å²) in [5.74, 6) is 3.49. The third kappa shape index (κ3) is 0.666. The highest BCUT2D eigenvalue weighted by Crippen LogP contribution is 2.72. The van der Waals surface area contributed by atoms with Gasteiger partial charge in [0.15, 0.2) is 0 Å². The van der Waals surface area contributed by atoms with Crippen molar-refractivity contribution in [3.8, 4) is 0 Å². The SMILES string of the molecule is CCC1CC12CC1CCC2C1. The van der Waals surface area contributed by atoms with Crippen molar-refractivity contribution in [1.29, 1.82) is 0 Å². The third-order valence-corrected chi connectivity index (χ3v) is 4.80. The van der Waals surface area contributed by atoms with Crippen molar-refractivity contribution >= 4 is 0 Å². The summed E-state index contributed by atoms with van der Waals surface area (Å²) in [7, 11) is 0. The van der Waals surface area contributed by atoms with Gasteiger partial charge in [-0.15, -0.1) is 0 Å². The van der Waals surface area contributed by atoms with Crippen LogP contribution in [0.4, 0.5) is 0 Å². The van der Waals surface area contributed by atoms with Gasteiger partial charge in [-0.05, 0) is 48.9 Å². The van der Waals surface area contributed by atoms with Crippen LogP contribution in [0.15, 0.2) is 0 Å².